The Kier molecular flexibility index (Phi) is 10.6. The number of halogens is 2. The number of nitrogens with one attached hydrogen (secondary N) is 2. The Morgan fingerprint density at radius 2 is 1.86 bits per heavy atom. The molecule has 10 heteroatoms. The van der Waals surface area contributed by atoms with E-state index < -0.39 is 5.41 Å². The number of piperidine rings is 1. The molecule has 0 unspecified atom stereocenters. The number of guanidine groups is 1. The van der Waals surface area contributed by atoms with Crippen molar-refractivity contribution in [3.8, 4) is 0 Å². The van der Waals surface area contributed by atoms with Crippen molar-refractivity contribution in [1.29, 1.82) is 5.41 Å². The van der Waals surface area contributed by atoms with E-state index in [1.807, 2.05) is 24.0 Å². The van der Waals surface area contributed by atoms with Gasteiger partial charge in [-0.15, -0.1) is 24.8 Å². The number of pyridine rings is 1. The highest BCUT2D eigenvalue weighted by atomic mass is 35.5. The summed E-state index contributed by atoms with van der Waals surface area (Å²) < 4.78 is 5.49. The van der Waals surface area contributed by atoms with Crippen LogP contribution >= 0.6 is 24.8 Å². The predicted molar refractivity (Wildman–Crippen MR) is 143 cm³/mol. The van der Waals surface area contributed by atoms with Crippen molar-refractivity contribution in [2.45, 2.75) is 39.3 Å². The molecule has 0 radical (unpaired) electrons. The summed E-state index contributed by atoms with van der Waals surface area (Å²) in [5.41, 5.74) is 10.0. The highest BCUT2D eigenvalue weighted by molar-refractivity contribution is 5.85. The van der Waals surface area contributed by atoms with E-state index in [0.717, 1.165) is 44.6 Å². The first kappa shape index (κ1) is 28.7. The van der Waals surface area contributed by atoms with E-state index in [1.54, 1.807) is 12.4 Å². The minimum Gasteiger partial charge on any atom is -0.466 e. The van der Waals surface area contributed by atoms with Crippen LogP contribution in [0.4, 0.5) is 5.69 Å². The molecule has 0 spiro atoms. The molecule has 192 valence electrons. The quantitative estimate of drug-likeness (QED) is 0.291. The van der Waals surface area contributed by atoms with E-state index in [9.17, 15) is 4.79 Å². The van der Waals surface area contributed by atoms with Crippen LogP contribution in [-0.2, 0) is 29.0 Å². The fraction of sp³-hybridized carbons (Fsp3) is 0.480. The van der Waals surface area contributed by atoms with Crippen LogP contribution in [0.1, 0.15) is 36.5 Å². The van der Waals surface area contributed by atoms with Gasteiger partial charge in [0.2, 0.25) is 0 Å². The monoisotopic (exact) mass is 522 g/mol. The molecule has 2 aromatic rings. The molecule has 4 N–H and O–H groups in total. The van der Waals surface area contributed by atoms with E-state index in [0.29, 0.717) is 26.2 Å². The largest absolute Gasteiger partial charge is 0.466 e. The van der Waals surface area contributed by atoms with E-state index >= 15 is 0 Å². The zero-order valence-corrected chi connectivity index (χ0v) is 21.8. The molecule has 1 aromatic heterocycles. The topological polar surface area (TPSA) is 108 Å². The van der Waals surface area contributed by atoms with Crippen LogP contribution in [0.3, 0.4) is 0 Å². The van der Waals surface area contributed by atoms with Gasteiger partial charge in [0.1, 0.15) is 0 Å². The average Bonchev–Trinajstić information content (AvgIpc) is 2.84. The zero-order valence-electron chi connectivity index (χ0n) is 20.2. The van der Waals surface area contributed by atoms with Crippen LogP contribution in [0.2, 0.25) is 0 Å². The van der Waals surface area contributed by atoms with Crippen LogP contribution in [-0.4, -0.2) is 54.6 Å². The van der Waals surface area contributed by atoms with Gasteiger partial charge in [0.05, 0.1) is 12.0 Å². The van der Waals surface area contributed by atoms with Gasteiger partial charge in [-0.1, -0.05) is 18.2 Å². The van der Waals surface area contributed by atoms with Gasteiger partial charge in [-0.25, -0.2) is 0 Å². The van der Waals surface area contributed by atoms with Gasteiger partial charge < -0.3 is 25.6 Å². The second-order valence-electron chi connectivity index (χ2n) is 8.96. The summed E-state index contributed by atoms with van der Waals surface area (Å²) in [7, 11) is 0. The lowest BCUT2D eigenvalue weighted by molar-refractivity contribution is -0.156. The number of aromatic nitrogens is 1. The Morgan fingerprint density at radius 3 is 2.51 bits per heavy atom. The predicted octanol–water partition coefficient (Wildman–Crippen LogP) is 3.12. The molecule has 1 fully saturated rings. The van der Waals surface area contributed by atoms with Gasteiger partial charge >= 0.3 is 5.97 Å². The van der Waals surface area contributed by atoms with Crippen molar-refractivity contribution >= 4 is 42.4 Å². The molecule has 35 heavy (non-hydrogen) atoms. The summed E-state index contributed by atoms with van der Waals surface area (Å²) in [4.78, 5) is 21.3. The van der Waals surface area contributed by atoms with Gasteiger partial charge in [0, 0.05) is 57.3 Å². The Balaban J connectivity index is 0.00000216. The molecule has 1 aromatic carbocycles. The van der Waals surface area contributed by atoms with Gasteiger partial charge in [-0.2, -0.15) is 0 Å². The Labute approximate surface area is 219 Å². The second kappa shape index (κ2) is 13.0. The first-order valence-corrected chi connectivity index (χ1v) is 11.7. The summed E-state index contributed by atoms with van der Waals surface area (Å²) >= 11 is 0. The number of ether oxygens (including phenoxy) is 1. The third kappa shape index (κ3) is 6.78. The van der Waals surface area contributed by atoms with Crippen molar-refractivity contribution in [3.63, 3.8) is 0 Å². The summed E-state index contributed by atoms with van der Waals surface area (Å²) in [6.45, 7) is 6.62. The van der Waals surface area contributed by atoms with Gasteiger partial charge in [-0.3, -0.25) is 15.2 Å². The molecular formula is C25H36Cl2N6O2. The number of carbonyl (C=O) groups is 1. The molecule has 0 amide bonds. The maximum Gasteiger partial charge on any atom is 0.313 e. The summed E-state index contributed by atoms with van der Waals surface area (Å²) in [5.74, 6) is 0.0214. The van der Waals surface area contributed by atoms with E-state index in [4.69, 9.17) is 15.9 Å². The van der Waals surface area contributed by atoms with E-state index in [2.05, 4.69) is 33.4 Å². The number of esters is 1. The lowest BCUT2D eigenvalue weighted by atomic mass is 9.78. The Bertz CT molecular complexity index is 983. The van der Waals surface area contributed by atoms with Crippen molar-refractivity contribution in [3.05, 3.63) is 59.4 Å². The van der Waals surface area contributed by atoms with Crippen LogP contribution in [0, 0.1) is 10.8 Å². The first-order valence-electron chi connectivity index (χ1n) is 11.7. The summed E-state index contributed by atoms with van der Waals surface area (Å²) in [5, 5.41) is 11.3. The molecule has 8 nitrogen and oxygen atoms in total. The number of fused-ring (bicyclic) bond motifs is 1. The highest BCUT2D eigenvalue weighted by Crippen LogP contribution is 2.34. The molecule has 2 aliphatic heterocycles. The van der Waals surface area contributed by atoms with E-state index in [-0.39, 0.29) is 36.7 Å². The van der Waals surface area contributed by atoms with E-state index in [1.165, 1.54) is 16.7 Å². The Morgan fingerprint density at radius 1 is 1.14 bits per heavy atom. The van der Waals surface area contributed by atoms with Crippen molar-refractivity contribution in [2.75, 3.05) is 37.7 Å². The number of nitrogens with zero attached hydrogens (tertiary/aromatic N) is 3. The number of benzene rings is 1. The average molecular weight is 524 g/mol. The number of carbonyl (C=O) groups excluding carboxylic acids is 1. The maximum atomic E-state index is 13.0. The molecule has 3 heterocycles. The second-order valence-corrected chi connectivity index (χ2v) is 8.96. The molecule has 0 atom stereocenters. The molecule has 2 aliphatic rings. The molecule has 1 saturated heterocycles. The third-order valence-corrected chi connectivity index (χ3v) is 6.87. The van der Waals surface area contributed by atoms with Gasteiger partial charge in [0.25, 0.3) is 0 Å². The number of hydrogen-bond acceptors (Lipinski definition) is 6. The van der Waals surface area contributed by atoms with Crippen molar-refractivity contribution in [1.82, 2.24) is 15.2 Å². The lowest BCUT2D eigenvalue weighted by Gasteiger charge is -2.41. The minimum absolute atomic E-state index is 0. The van der Waals surface area contributed by atoms with Gasteiger partial charge in [-0.05, 0) is 55.0 Å². The fourth-order valence-corrected chi connectivity index (χ4v) is 4.86. The van der Waals surface area contributed by atoms with Crippen molar-refractivity contribution < 1.29 is 9.53 Å². The fourth-order valence-electron chi connectivity index (χ4n) is 4.86. The SMILES string of the molecule is CCOC(=O)C1(CNCc2ccc3c(c2)CN(C(=N)N)CC3)CCN(c2ccncc2)CC1.Cl.Cl. The number of rotatable bonds is 7. The van der Waals surface area contributed by atoms with Crippen LogP contribution in [0.15, 0.2) is 42.7 Å². The summed E-state index contributed by atoms with van der Waals surface area (Å²) in [6, 6.07) is 10.6. The highest BCUT2D eigenvalue weighted by Gasteiger charge is 2.42. The lowest BCUT2D eigenvalue weighted by Crippen LogP contribution is -2.50. The molecular weight excluding hydrogens is 487 g/mol. The number of anilines is 1. The molecule has 0 saturated carbocycles. The Hall–Kier alpha value is -2.55. The van der Waals surface area contributed by atoms with Crippen LogP contribution in [0.25, 0.3) is 0 Å². The van der Waals surface area contributed by atoms with Crippen LogP contribution < -0.4 is 16.0 Å². The molecule has 0 bridgehead atoms. The molecule has 4 rings (SSSR count). The minimum atomic E-state index is -0.515. The summed E-state index contributed by atoms with van der Waals surface area (Å²) in [6.07, 6.45) is 6.01. The van der Waals surface area contributed by atoms with Crippen molar-refractivity contribution in [2.24, 2.45) is 11.1 Å². The number of nitrogens with two attached hydrogens (primary N) is 1. The maximum absolute atomic E-state index is 13.0. The van der Waals surface area contributed by atoms with Gasteiger partial charge in [0.15, 0.2) is 5.96 Å². The molecule has 0 aliphatic carbocycles. The number of hydrogen-bond donors (Lipinski definition) is 3. The zero-order chi connectivity index (χ0) is 23.3. The smallest absolute Gasteiger partial charge is 0.313 e. The third-order valence-electron chi connectivity index (χ3n) is 6.87. The van der Waals surface area contributed by atoms with Crippen LogP contribution in [0.5, 0.6) is 0 Å². The first-order chi connectivity index (χ1) is 16.0. The standard InChI is InChI=1S/C25H34N6O2.2ClH/c1-2-33-23(32)25(8-13-30(14-9-25)22-5-10-28-11-6-22)18-29-16-19-3-4-20-7-12-31(24(26)27)17-21(20)15-19;;/h3-6,10-11,15,29H,2,7-9,12-14,16-18H2,1H3,(H3,26,27);2*1H. The normalized spacial score (nSPS) is 16.4.